The molecule has 0 saturated heterocycles. The van der Waals surface area contributed by atoms with Crippen LogP contribution in [0.3, 0.4) is 0 Å². The molecule has 2 aliphatic carbocycles. The van der Waals surface area contributed by atoms with Gasteiger partial charge in [-0.2, -0.15) is 0 Å². The molecule has 0 aromatic carbocycles. The Morgan fingerprint density at radius 2 is 1.56 bits per heavy atom. The highest BCUT2D eigenvalue weighted by Crippen LogP contribution is 2.31. The van der Waals surface area contributed by atoms with Crippen molar-refractivity contribution in [1.82, 2.24) is 0 Å². The van der Waals surface area contributed by atoms with Crippen LogP contribution >= 0.6 is 0 Å². The molecule has 16 heavy (non-hydrogen) atoms. The summed E-state index contributed by atoms with van der Waals surface area (Å²) in [7, 11) is 0. The first-order valence-electron chi connectivity index (χ1n) is 7.18. The van der Waals surface area contributed by atoms with Crippen molar-refractivity contribution in [1.29, 1.82) is 0 Å². The SMILES string of the molecule is CC1CCCC(C=CC2CCC(N)CC2)C1. The first-order chi connectivity index (χ1) is 7.74. The summed E-state index contributed by atoms with van der Waals surface area (Å²) in [6.07, 6.45) is 15.9. The lowest BCUT2D eigenvalue weighted by Crippen LogP contribution is -2.25. The predicted octanol–water partition coefficient (Wildman–Crippen LogP) is 3.89. The Bertz CT molecular complexity index is 226. The van der Waals surface area contributed by atoms with Gasteiger partial charge in [0, 0.05) is 6.04 Å². The van der Waals surface area contributed by atoms with Crippen LogP contribution < -0.4 is 5.73 Å². The van der Waals surface area contributed by atoms with Crippen molar-refractivity contribution in [2.45, 2.75) is 64.3 Å². The average Bonchev–Trinajstić information content (AvgIpc) is 2.28. The molecule has 2 atom stereocenters. The highest BCUT2D eigenvalue weighted by atomic mass is 14.6. The zero-order chi connectivity index (χ0) is 11.4. The van der Waals surface area contributed by atoms with Gasteiger partial charge in [-0.05, 0) is 56.3 Å². The topological polar surface area (TPSA) is 26.0 Å². The predicted molar refractivity (Wildman–Crippen MR) is 70.2 cm³/mol. The Hall–Kier alpha value is -0.300. The molecular formula is C15H27N. The molecule has 2 unspecified atom stereocenters. The van der Waals surface area contributed by atoms with Crippen LogP contribution in [0.15, 0.2) is 12.2 Å². The lowest BCUT2D eigenvalue weighted by atomic mass is 9.80. The molecule has 0 aliphatic heterocycles. The number of nitrogens with two attached hydrogens (primary N) is 1. The minimum Gasteiger partial charge on any atom is -0.328 e. The van der Waals surface area contributed by atoms with E-state index in [1.807, 2.05) is 0 Å². The second-order valence-electron chi connectivity index (χ2n) is 6.09. The Morgan fingerprint density at radius 3 is 2.25 bits per heavy atom. The molecule has 2 fully saturated rings. The fourth-order valence-corrected chi connectivity index (χ4v) is 3.31. The summed E-state index contributed by atoms with van der Waals surface area (Å²) < 4.78 is 0. The van der Waals surface area contributed by atoms with E-state index >= 15 is 0 Å². The summed E-state index contributed by atoms with van der Waals surface area (Å²) in [6.45, 7) is 2.40. The molecule has 0 amide bonds. The Balaban J connectivity index is 1.75. The van der Waals surface area contributed by atoms with Crippen molar-refractivity contribution in [3.63, 3.8) is 0 Å². The molecule has 0 radical (unpaired) electrons. The van der Waals surface area contributed by atoms with Crippen molar-refractivity contribution in [3.8, 4) is 0 Å². The summed E-state index contributed by atoms with van der Waals surface area (Å²) in [6, 6.07) is 0.486. The molecule has 2 N–H and O–H groups in total. The Kier molecular flexibility index (Phi) is 4.45. The van der Waals surface area contributed by atoms with Gasteiger partial charge in [-0.3, -0.25) is 0 Å². The minimum absolute atomic E-state index is 0.486. The van der Waals surface area contributed by atoms with Crippen molar-refractivity contribution in [2.75, 3.05) is 0 Å². The van der Waals surface area contributed by atoms with Gasteiger partial charge in [0.25, 0.3) is 0 Å². The van der Waals surface area contributed by atoms with E-state index in [2.05, 4.69) is 19.1 Å². The molecular weight excluding hydrogens is 194 g/mol. The van der Waals surface area contributed by atoms with Gasteiger partial charge in [-0.25, -0.2) is 0 Å². The Labute approximate surface area is 100 Å². The van der Waals surface area contributed by atoms with E-state index in [1.54, 1.807) is 0 Å². The van der Waals surface area contributed by atoms with Crippen LogP contribution in [0.4, 0.5) is 0 Å². The number of allylic oxidation sites excluding steroid dienone is 2. The van der Waals surface area contributed by atoms with Crippen LogP contribution in [-0.4, -0.2) is 6.04 Å². The fourth-order valence-electron chi connectivity index (χ4n) is 3.31. The lowest BCUT2D eigenvalue weighted by molar-refractivity contribution is 0.321. The largest absolute Gasteiger partial charge is 0.328 e. The molecule has 2 saturated carbocycles. The van der Waals surface area contributed by atoms with E-state index in [0.29, 0.717) is 6.04 Å². The van der Waals surface area contributed by atoms with Crippen LogP contribution in [-0.2, 0) is 0 Å². The maximum atomic E-state index is 5.93. The second kappa shape index (κ2) is 5.86. The van der Waals surface area contributed by atoms with Crippen LogP contribution in [0.2, 0.25) is 0 Å². The van der Waals surface area contributed by atoms with E-state index in [4.69, 9.17) is 5.73 Å². The quantitative estimate of drug-likeness (QED) is 0.703. The molecule has 2 rings (SSSR count). The standard InChI is InChI=1S/C15H27N/c1-12-3-2-4-14(11-12)6-5-13-7-9-15(16)10-8-13/h5-6,12-15H,2-4,7-11,16H2,1H3. The van der Waals surface area contributed by atoms with Crippen LogP contribution in [0.25, 0.3) is 0 Å². The Morgan fingerprint density at radius 1 is 0.875 bits per heavy atom. The summed E-state index contributed by atoms with van der Waals surface area (Å²) in [5, 5.41) is 0. The number of hydrogen-bond acceptors (Lipinski definition) is 1. The molecule has 0 spiro atoms. The van der Waals surface area contributed by atoms with E-state index < -0.39 is 0 Å². The normalized spacial score (nSPS) is 41.4. The number of hydrogen-bond donors (Lipinski definition) is 1. The molecule has 2 aliphatic rings. The minimum atomic E-state index is 0.486. The van der Waals surface area contributed by atoms with Crippen molar-refractivity contribution in [2.24, 2.45) is 23.5 Å². The smallest absolute Gasteiger partial charge is 0.00392 e. The van der Waals surface area contributed by atoms with Crippen LogP contribution in [0.5, 0.6) is 0 Å². The average molecular weight is 221 g/mol. The van der Waals surface area contributed by atoms with Gasteiger partial charge in [-0.15, -0.1) is 0 Å². The monoisotopic (exact) mass is 221 g/mol. The molecule has 0 aromatic heterocycles. The van der Waals surface area contributed by atoms with Gasteiger partial charge in [0.05, 0.1) is 0 Å². The third kappa shape index (κ3) is 3.62. The first kappa shape index (κ1) is 12.2. The van der Waals surface area contributed by atoms with Gasteiger partial charge in [0.2, 0.25) is 0 Å². The summed E-state index contributed by atoms with van der Waals surface area (Å²) in [4.78, 5) is 0. The van der Waals surface area contributed by atoms with Gasteiger partial charge in [0.15, 0.2) is 0 Å². The maximum absolute atomic E-state index is 5.93. The lowest BCUT2D eigenvalue weighted by Gasteiger charge is -2.26. The highest BCUT2D eigenvalue weighted by Gasteiger charge is 2.19. The second-order valence-corrected chi connectivity index (χ2v) is 6.09. The van der Waals surface area contributed by atoms with E-state index in [-0.39, 0.29) is 0 Å². The van der Waals surface area contributed by atoms with Gasteiger partial charge in [-0.1, -0.05) is 31.9 Å². The number of rotatable bonds is 2. The van der Waals surface area contributed by atoms with Gasteiger partial charge >= 0.3 is 0 Å². The molecule has 92 valence electrons. The molecule has 1 heteroatoms. The molecule has 1 nitrogen and oxygen atoms in total. The van der Waals surface area contributed by atoms with Crippen LogP contribution in [0, 0.1) is 17.8 Å². The molecule has 0 heterocycles. The maximum Gasteiger partial charge on any atom is 0.00392 e. The first-order valence-corrected chi connectivity index (χ1v) is 7.18. The zero-order valence-electron chi connectivity index (χ0n) is 10.7. The molecule has 0 aromatic rings. The van der Waals surface area contributed by atoms with E-state index in [1.165, 1.54) is 51.4 Å². The highest BCUT2D eigenvalue weighted by molar-refractivity contribution is 4.96. The third-order valence-corrected chi connectivity index (χ3v) is 4.45. The fraction of sp³-hybridized carbons (Fsp3) is 0.867. The molecule has 0 bridgehead atoms. The van der Waals surface area contributed by atoms with E-state index in [9.17, 15) is 0 Å². The van der Waals surface area contributed by atoms with Crippen molar-refractivity contribution in [3.05, 3.63) is 12.2 Å². The summed E-state index contributed by atoms with van der Waals surface area (Å²) >= 11 is 0. The summed E-state index contributed by atoms with van der Waals surface area (Å²) in [5.74, 6) is 2.65. The van der Waals surface area contributed by atoms with Gasteiger partial charge < -0.3 is 5.73 Å². The van der Waals surface area contributed by atoms with Crippen molar-refractivity contribution < 1.29 is 0 Å². The zero-order valence-corrected chi connectivity index (χ0v) is 10.7. The summed E-state index contributed by atoms with van der Waals surface area (Å²) in [5.41, 5.74) is 5.93. The third-order valence-electron chi connectivity index (χ3n) is 4.45. The van der Waals surface area contributed by atoms with E-state index in [0.717, 1.165) is 17.8 Å². The van der Waals surface area contributed by atoms with Crippen LogP contribution in [0.1, 0.15) is 58.3 Å². The van der Waals surface area contributed by atoms with Gasteiger partial charge in [0.1, 0.15) is 0 Å². The van der Waals surface area contributed by atoms with Crippen molar-refractivity contribution >= 4 is 0 Å².